The van der Waals surface area contributed by atoms with Crippen molar-refractivity contribution >= 4 is 34.1 Å². The van der Waals surface area contributed by atoms with Crippen molar-refractivity contribution < 1.29 is 9.53 Å². The Kier molecular flexibility index (Phi) is 6.92. The molecule has 0 radical (unpaired) electrons. The van der Waals surface area contributed by atoms with Crippen LogP contribution in [0.3, 0.4) is 0 Å². The lowest BCUT2D eigenvalue weighted by Gasteiger charge is -2.13. The molecular formula is C20H25N5O2S2. The average molecular weight is 432 g/mol. The first kappa shape index (κ1) is 21.3. The summed E-state index contributed by atoms with van der Waals surface area (Å²) in [6, 6.07) is 6.07. The molecule has 0 saturated heterocycles. The van der Waals surface area contributed by atoms with E-state index in [-0.39, 0.29) is 11.2 Å². The Labute approximate surface area is 178 Å². The highest BCUT2D eigenvalue weighted by atomic mass is 32.2. The van der Waals surface area contributed by atoms with Crippen LogP contribution in [0.4, 0.5) is 5.13 Å². The van der Waals surface area contributed by atoms with Crippen LogP contribution in [0.5, 0.6) is 5.75 Å². The predicted octanol–water partition coefficient (Wildman–Crippen LogP) is 4.38. The molecule has 2 heterocycles. The van der Waals surface area contributed by atoms with Crippen molar-refractivity contribution in [3.05, 3.63) is 46.2 Å². The summed E-state index contributed by atoms with van der Waals surface area (Å²) in [4.78, 5) is 16.7. The highest BCUT2D eigenvalue weighted by Crippen LogP contribution is 2.26. The quantitative estimate of drug-likeness (QED) is 0.533. The normalized spacial score (nSPS) is 12.0. The molecule has 1 N–H and O–H groups in total. The Morgan fingerprint density at radius 2 is 2.00 bits per heavy atom. The molecule has 0 fully saturated rings. The third-order valence-electron chi connectivity index (χ3n) is 4.36. The van der Waals surface area contributed by atoms with E-state index in [0.717, 1.165) is 28.4 Å². The van der Waals surface area contributed by atoms with Crippen molar-refractivity contribution in [2.24, 2.45) is 0 Å². The van der Waals surface area contributed by atoms with Gasteiger partial charge in [-0.1, -0.05) is 30.0 Å². The summed E-state index contributed by atoms with van der Waals surface area (Å²) < 4.78 is 8.01. The number of thioether (sulfide) groups is 1. The van der Waals surface area contributed by atoms with Gasteiger partial charge in [0, 0.05) is 11.9 Å². The third kappa shape index (κ3) is 5.16. The van der Waals surface area contributed by atoms with Crippen LogP contribution in [-0.2, 0) is 17.9 Å². The molecular weight excluding hydrogens is 406 g/mol. The number of ether oxygens (including phenoxy) is 1. The van der Waals surface area contributed by atoms with Crippen LogP contribution in [0.2, 0.25) is 0 Å². The van der Waals surface area contributed by atoms with Gasteiger partial charge in [-0.3, -0.25) is 4.79 Å². The number of carbonyl (C=O) groups excluding carboxylic acids is 1. The SMILES string of the molecule is CCn1c(COc2c(C)cccc2C)nnc1S[C@@H](C)C(=O)Nc1nc(C)cs1. The number of hydrogen-bond donors (Lipinski definition) is 1. The number of thiazole rings is 1. The van der Waals surface area contributed by atoms with Crippen LogP contribution < -0.4 is 10.1 Å². The van der Waals surface area contributed by atoms with Gasteiger partial charge < -0.3 is 14.6 Å². The molecule has 154 valence electrons. The Balaban J connectivity index is 1.66. The molecule has 1 amide bonds. The molecule has 0 aliphatic heterocycles. The minimum absolute atomic E-state index is 0.108. The van der Waals surface area contributed by atoms with Gasteiger partial charge in [-0.25, -0.2) is 4.98 Å². The van der Waals surface area contributed by atoms with Crippen LogP contribution in [0.25, 0.3) is 0 Å². The zero-order valence-corrected chi connectivity index (χ0v) is 18.9. The fraction of sp³-hybridized carbons (Fsp3) is 0.400. The molecule has 9 heteroatoms. The Morgan fingerprint density at radius 1 is 1.28 bits per heavy atom. The Morgan fingerprint density at radius 3 is 2.62 bits per heavy atom. The fourth-order valence-corrected chi connectivity index (χ4v) is 4.45. The van der Waals surface area contributed by atoms with Crippen LogP contribution >= 0.6 is 23.1 Å². The van der Waals surface area contributed by atoms with E-state index in [1.165, 1.54) is 23.1 Å². The minimum atomic E-state index is -0.332. The van der Waals surface area contributed by atoms with E-state index in [1.807, 2.05) is 62.8 Å². The predicted molar refractivity (Wildman–Crippen MR) is 117 cm³/mol. The lowest BCUT2D eigenvalue weighted by molar-refractivity contribution is -0.115. The summed E-state index contributed by atoms with van der Waals surface area (Å²) in [5, 5.41) is 14.3. The number of hydrogen-bond acceptors (Lipinski definition) is 7. The van der Waals surface area contributed by atoms with Gasteiger partial charge in [-0.2, -0.15) is 0 Å². The van der Waals surface area contributed by atoms with Crippen molar-refractivity contribution in [1.29, 1.82) is 0 Å². The monoisotopic (exact) mass is 431 g/mol. The van der Waals surface area contributed by atoms with Crippen LogP contribution in [-0.4, -0.2) is 30.9 Å². The number of amides is 1. The third-order valence-corrected chi connectivity index (χ3v) is 6.32. The highest BCUT2D eigenvalue weighted by Gasteiger charge is 2.21. The Hall–Kier alpha value is -2.39. The standard InChI is InChI=1S/C20H25N5O2S2/c1-6-25-16(10-27-17-12(2)8-7-9-13(17)3)23-24-20(25)29-15(5)18(26)22-19-21-14(4)11-28-19/h7-9,11,15H,6,10H2,1-5H3,(H,21,22,26)/t15-/m0/s1. The van der Waals surface area contributed by atoms with Crippen LogP contribution in [0, 0.1) is 20.8 Å². The largest absolute Gasteiger partial charge is 0.485 e. The molecule has 1 atom stereocenters. The van der Waals surface area contributed by atoms with Crippen molar-refractivity contribution in [2.45, 2.75) is 58.2 Å². The van der Waals surface area contributed by atoms with Gasteiger partial charge in [0.2, 0.25) is 5.91 Å². The van der Waals surface area contributed by atoms with E-state index in [0.29, 0.717) is 23.4 Å². The van der Waals surface area contributed by atoms with Gasteiger partial charge in [0.05, 0.1) is 10.9 Å². The molecule has 29 heavy (non-hydrogen) atoms. The summed E-state index contributed by atoms with van der Waals surface area (Å²) in [6.45, 7) is 10.8. The average Bonchev–Trinajstić information content (AvgIpc) is 3.26. The smallest absolute Gasteiger partial charge is 0.239 e. The van der Waals surface area contributed by atoms with Crippen molar-refractivity contribution in [3.8, 4) is 5.75 Å². The molecule has 7 nitrogen and oxygen atoms in total. The van der Waals surface area contributed by atoms with Crippen LogP contribution in [0.1, 0.15) is 36.5 Å². The van der Waals surface area contributed by atoms with E-state index in [2.05, 4.69) is 20.5 Å². The maximum atomic E-state index is 12.5. The lowest BCUT2D eigenvalue weighted by atomic mass is 10.1. The molecule has 1 aromatic carbocycles. The topological polar surface area (TPSA) is 81.9 Å². The van der Waals surface area contributed by atoms with Gasteiger partial charge >= 0.3 is 0 Å². The highest BCUT2D eigenvalue weighted by molar-refractivity contribution is 8.00. The summed E-state index contributed by atoms with van der Waals surface area (Å²) in [6.07, 6.45) is 0. The molecule has 0 bridgehead atoms. The minimum Gasteiger partial charge on any atom is -0.485 e. The van der Waals surface area contributed by atoms with Gasteiger partial charge in [0.25, 0.3) is 0 Å². The number of nitrogens with one attached hydrogen (secondary N) is 1. The number of carbonyl (C=O) groups is 1. The van der Waals surface area contributed by atoms with Crippen LogP contribution in [0.15, 0.2) is 28.7 Å². The molecule has 0 spiro atoms. The molecule has 0 unspecified atom stereocenters. The second-order valence-electron chi connectivity index (χ2n) is 6.70. The molecule has 3 aromatic rings. The number of aryl methyl sites for hydroxylation is 3. The number of benzene rings is 1. The molecule has 0 aliphatic rings. The molecule has 3 rings (SSSR count). The number of para-hydroxylation sites is 1. The zero-order chi connectivity index (χ0) is 21.0. The number of nitrogens with zero attached hydrogens (tertiary/aromatic N) is 4. The zero-order valence-electron chi connectivity index (χ0n) is 17.2. The number of rotatable bonds is 8. The lowest BCUT2D eigenvalue weighted by Crippen LogP contribution is -2.23. The number of aromatic nitrogens is 4. The summed E-state index contributed by atoms with van der Waals surface area (Å²) in [7, 11) is 0. The van der Waals surface area contributed by atoms with Gasteiger partial charge in [0.15, 0.2) is 16.1 Å². The van der Waals surface area contributed by atoms with E-state index in [4.69, 9.17) is 4.74 Å². The van der Waals surface area contributed by atoms with Crippen molar-refractivity contribution in [3.63, 3.8) is 0 Å². The van der Waals surface area contributed by atoms with E-state index < -0.39 is 0 Å². The van der Waals surface area contributed by atoms with E-state index >= 15 is 0 Å². The van der Waals surface area contributed by atoms with Gasteiger partial charge in [-0.05, 0) is 45.7 Å². The number of anilines is 1. The Bertz CT molecular complexity index is 978. The van der Waals surface area contributed by atoms with Gasteiger partial charge in [-0.15, -0.1) is 21.5 Å². The first-order valence-electron chi connectivity index (χ1n) is 9.39. The van der Waals surface area contributed by atoms with Gasteiger partial charge in [0.1, 0.15) is 12.4 Å². The fourth-order valence-electron chi connectivity index (χ4n) is 2.82. The first-order valence-corrected chi connectivity index (χ1v) is 11.2. The maximum Gasteiger partial charge on any atom is 0.239 e. The second kappa shape index (κ2) is 9.41. The summed E-state index contributed by atoms with van der Waals surface area (Å²) in [5.74, 6) is 1.50. The first-order chi connectivity index (χ1) is 13.9. The molecule has 0 aliphatic carbocycles. The molecule has 0 saturated carbocycles. The van der Waals surface area contributed by atoms with E-state index in [1.54, 1.807) is 0 Å². The van der Waals surface area contributed by atoms with E-state index in [9.17, 15) is 4.79 Å². The maximum absolute atomic E-state index is 12.5. The summed E-state index contributed by atoms with van der Waals surface area (Å²) in [5.41, 5.74) is 3.07. The van der Waals surface area contributed by atoms with Crippen molar-refractivity contribution in [2.75, 3.05) is 5.32 Å². The van der Waals surface area contributed by atoms with Crippen molar-refractivity contribution in [1.82, 2.24) is 19.7 Å². The molecule has 2 aromatic heterocycles. The second-order valence-corrected chi connectivity index (χ2v) is 8.86. The summed E-state index contributed by atoms with van der Waals surface area (Å²) >= 11 is 2.79.